The van der Waals surface area contributed by atoms with Gasteiger partial charge in [0.15, 0.2) is 5.82 Å². The lowest BCUT2D eigenvalue weighted by atomic mass is 10.2. The van der Waals surface area contributed by atoms with E-state index in [2.05, 4.69) is 25.6 Å². The Bertz CT molecular complexity index is 719. The molecule has 1 atom stereocenters. The van der Waals surface area contributed by atoms with Crippen molar-refractivity contribution in [2.45, 2.75) is 25.8 Å². The number of rotatable bonds is 8. The van der Waals surface area contributed by atoms with Crippen molar-refractivity contribution >= 4 is 11.7 Å². The van der Waals surface area contributed by atoms with Gasteiger partial charge >= 0.3 is 0 Å². The van der Waals surface area contributed by atoms with Crippen LogP contribution >= 0.6 is 0 Å². The number of ether oxygens (including phenoxy) is 1. The molecule has 1 aliphatic carbocycles. The highest BCUT2D eigenvalue weighted by Gasteiger charge is 2.31. The van der Waals surface area contributed by atoms with Gasteiger partial charge in [-0.25, -0.2) is 9.97 Å². The van der Waals surface area contributed by atoms with Gasteiger partial charge in [-0.1, -0.05) is 6.07 Å². The standard InChI is InChI=1S/C18H23N5O2/c1-12-9-16(23-18(21-12)14-5-3-4-8-19-14)22-15(13-6-7-13)10-20-17(24)11-25-2/h3-5,8-9,13,15H,6-7,10-11H2,1-2H3,(H,20,24)(H,21,22,23). The number of nitrogens with zero attached hydrogens (tertiary/aromatic N) is 3. The van der Waals surface area contributed by atoms with Gasteiger partial charge in [-0.3, -0.25) is 9.78 Å². The minimum absolute atomic E-state index is 0.0772. The second kappa shape index (κ2) is 8.02. The van der Waals surface area contributed by atoms with Crippen molar-refractivity contribution in [2.75, 3.05) is 25.6 Å². The molecule has 1 amide bonds. The summed E-state index contributed by atoms with van der Waals surface area (Å²) in [4.78, 5) is 25.0. The van der Waals surface area contributed by atoms with Crippen LogP contribution in [0.3, 0.4) is 0 Å². The van der Waals surface area contributed by atoms with Gasteiger partial charge in [0.1, 0.15) is 18.1 Å². The molecule has 7 heteroatoms. The summed E-state index contributed by atoms with van der Waals surface area (Å²) in [6.45, 7) is 2.56. The lowest BCUT2D eigenvalue weighted by Crippen LogP contribution is -2.39. The fraction of sp³-hybridized carbons (Fsp3) is 0.444. The molecule has 2 aromatic rings. The molecule has 0 saturated heterocycles. The molecule has 1 unspecified atom stereocenters. The number of anilines is 1. The van der Waals surface area contributed by atoms with Crippen LogP contribution in [0.15, 0.2) is 30.5 Å². The number of amides is 1. The van der Waals surface area contributed by atoms with Crippen LogP contribution in [0.4, 0.5) is 5.82 Å². The number of hydrogen-bond acceptors (Lipinski definition) is 6. The topological polar surface area (TPSA) is 89.0 Å². The van der Waals surface area contributed by atoms with Gasteiger partial charge in [0.2, 0.25) is 5.91 Å². The Labute approximate surface area is 147 Å². The third-order valence-corrected chi connectivity index (χ3v) is 4.07. The highest BCUT2D eigenvalue weighted by Crippen LogP contribution is 2.34. The molecule has 0 aliphatic heterocycles. The maximum atomic E-state index is 11.6. The van der Waals surface area contributed by atoms with E-state index in [1.807, 2.05) is 31.2 Å². The minimum atomic E-state index is -0.108. The fourth-order valence-corrected chi connectivity index (χ4v) is 2.68. The van der Waals surface area contributed by atoms with E-state index in [-0.39, 0.29) is 18.6 Å². The van der Waals surface area contributed by atoms with E-state index in [1.54, 1.807) is 6.20 Å². The molecule has 0 radical (unpaired) electrons. The molecule has 1 aliphatic rings. The zero-order valence-electron chi connectivity index (χ0n) is 14.5. The molecule has 2 heterocycles. The summed E-state index contributed by atoms with van der Waals surface area (Å²) in [6, 6.07) is 7.73. The van der Waals surface area contributed by atoms with Crippen molar-refractivity contribution in [3.05, 3.63) is 36.2 Å². The van der Waals surface area contributed by atoms with Crippen molar-refractivity contribution < 1.29 is 9.53 Å². The van der Waals surface area contributed by atoms with Gasteiger partial charge in [-0.05, 0) is 37.8 Å². The zero-order valence-corrected chi connectivity index (χ0v) is 14.5. The summed E-state index contributed by atoms with van der Waals surface area (Å²) in [5.41, 5.74) is 1.61. The van der Waals surface area contributed by atoms with Crippen molar-refractivity contribution in [3.8, 4) is 11.5 Å². The largest absolute Gasteiger partial charge is 0.375 e. The number of hydrogen-bond donors (Lipinski definition) is 2. The predicted molar refractivity (Wildman–Crippen MR) is 95.0 cm³/mol. The first-order valence-electron chi connectivity index (χ1n) is 8.45. The number of aryl methyl sites for hydroxylation is 1. The Hall–Kier alpha value is -2.54. The highest BCUT2D eigenvalue weighted by molar-refractivity contribution is 5.77. The molecule has 132 valence electrons. The van der Waals surface area contributed by atoms with Gasteiger partial charge in [-0.15, -0.1) is 0 Å². The second-order valence-corrected chi connectivity index (χ2v) is 6.26. The molecule has 0 spiro atoms. The van der Waals surface area contributed by atoms with Crippen LogP contribution in [0.5, 0.6) is 0 Å². The van der Waals surface area contributed by atoms with Crippen LogP contribution in [0.25, 0.3) is 11.5 Å². The van der Waals surface area contributed by atoms with Crippen LogP contribution in [0, 0.1) is 12.8 Å². The summed E-state index contributed by atoms with van der Waals surface area (Å²) in [6.07, 6.45) is 4.05. The third-order valence-electron chi connectivity index (χ3n) is 4.07. The molecule has 25 heavy (non-hydrogen) atoms. The van der Waals surface area contributed by atoms with Crippen molar-refractivity contribution in [1.82, 2.24) is 20.3 Å². The number of nitrogens with one attached hydrogen (secondary N) is 2. The van der Waals surface area contributed by atoms with E-state index in [0.29, 0.717) is 18.3 Å². The van der Waals surface area contributed by atoms with E-state index < -0.39 is 0 Å². The molecule has 2 N–H and O–H groups in total. The molecule has 3 rings (SSSR count). The fourth-order valence-electron chi connectivity index (χ4n) is 2.68. The van der Waals surface area contributed by atoms with Crippen molar-refractivity contribution in [3.63, 3.8) is 0 Å². The molecule has 0 bridgehead atoms. The van der Waals surface area contributed by atoms with Gasteiger partial charge in [0, 0.05) is 37.7 Å². The lowest BCUT2D eigenvalue weighted by Gasteiger charge is -2.20. The Kier molecular flexibility index (Phi) is 5.55. The van der Waals surface area contributed by atoms with Crippen LogP contribution in [-0.4, -0.2) is 47.2 Å². The highest BCUT2D eigenvalue weighted by atomic mass is 16.5. The molecule has 1 saturated carbocycles. The normalized spacial score (nSPS) is 14.8. The summed E-state index contributed by atoms with van der Waals surface area (Å²) in [7, 11) is 1.51. The van der Waals surface area contributed by atoms with Gasteiger partial charge in [-0.2, -0.15) is 0 Å². The summed E-state index contributed by atoms with van der Waals surface area (Å²) >= 11 is 0. The monoisotopic (exact) mass is 341 g/mol. The number of methoxy groups -OCH3 is 1. The number of carbonyl (C=O) groups excluding carboxylic acids is 1. The summed E-state index contributed by atoms with van der Waals surface area (Å²) < 4.78 is 4.85. The Balaban J connectivity index is 1.71. The molecular formula is C18H23N5O2. The first-order chi connectivity index (χ1) is 12.2. The smallest absolute Gasteiger partial charge is 0.246 e. The molecule has 0 aromatic carbocycles. The molecule has 2 aromatic heterocycles. The maximum Gasteiger partial charge on any atom is 0.246 e. The minimum Gasteiger partial charge on any atom is -0.375 e. The third kappa shape index (κ3) is 4.96. The van der Waals surface area contributed by atoms with Crippen LogP contribution < -0.4 is 10.6 Å². The van der Waals surface area contributed by atoms with Gasteiger partial charge in [0.25, 0.3) is 0 Å². The first-order valence-corrected chi connectivity index (χ1v) is 8.45. The predicted octanol–water partition coefficient (Wildman–Crippen LogP) is 1.80. The second-order valence-electron chi connectivity index (χ2n) is 6.26. The zero-order chi connectivity index (χ0) is 17.6. The van der Waals surface area contributed by atoms with E-state index in [1.165, 1.54) is 7.11 Å². The maximum absolute atomic E-state index is 11.6. The van der Waals surface area contributed by atoms with E-state index >= 15 is 0 Å². The van der Waals surface area contributed by atoms with Gasteiger partial charge < -0.3 is 15.4 Å². The first kappa shape index (κ1) is 17.3. The number of aromatic nitrogens is 3. The van der Waals surface area contributed by atoms with E-state index in [4.69, 9.17) is 4.74 Å². The van der Waals surface area contributed by atoms with Gasteiger partial charge in [0.05, 0.1) is 0 Å². The summed E-state index contributed by atoms with van der Waals surface area (Å²) in [5.74, 6) is 1.80. The summed E-state index contributed by atoms with van der Waals surface area (Å²) in [5, 5.41) is 6.36. The molecular weight excluding hydrogens is 318 g/mol. The lowest BCUT2D eigenvalue weighted by molar-refractivity contribution is -0.124. The van der Waals surface area contributed by atoms with Crippen LogP contribution in [0.2, 0.25) is 0 Å². The van der Waals surface area contributed by atoms with Crippen molar-refractivity contribution in [1.29, 1.82) is 0 Å². The SMILES string of the molecule is COCC(=O)NCC(Nc1cc(C)nc(-c2ccccn2)n1)C1CC1. The van der Waals surface area contributed by atoms with Crippen LogP contribution in [0.1, 0.15) is 18.5 Å². The average molecular weight is 341 g/mol. The molecule has 7 nitrogen and oxygen atoms in total. The average Bonchev–Trinajstić information content (AvgIpc) is 3.44. The Morgan fingerprint density at radius 2 is 2.20 bits per heavy atom. The molecule has 1 fully saturated rings. The van der Waals surface area contributed by atoms with Crippen LogP contribution in [-0.2, 0) is 9.53 Å². The van der Waals surface area contributed by atoms with E-state index in [9.17, 15) is 4.79 Å². The Morgan fingerprint density at radius 1 is 1.36 bits per heavy atom. The quantitative estimate of drug-likeness (QED) is 0.761. The Morgan fingerprint density at radius 3 is 2.88 bits per heavy atom. The number of pyridine rings is 1. The van der Waals surface area contributed by atoms with Crippen molar-refractivity contribution in [2.24, 2.45) is 5.92 Å². The van der Waals surface area contributed by atoms with E-state index in [0.717, 1.165) is 30.0 Å². The number of carbonyl (C=O) groups is 1.